The van der Waals surface area contributed by atoms with Gasteiger partial charge in [-0.05, 0) is 32.6 Å². The second-order valence-corrected chi connectivity index (χ2v) is 5.47. The normalized spacial score (nSPS) is 12.2. The van der Waals surface area contributed by atoms with Crippen LogP contribution in [0.3, 0.4) is 0 Å². The van der Waals surface area contributed by atoms with Crippen molar-refractivity contribution in [1.29, 1.82) is 0 Å². The zero-order chi connectivity index (χ0) is 14.1. The summed E-state index contributed by atoms with van der Waals surface area (Å²) in [5.74, 6) is 0. The molecule has 19 heavy (non-hydrogen) atoms. The SMILES string of the molecule is CCC(CO)NC(=O)NCCCCc1nc(C)cs1. The average molecular weight is 285 g/mol. The minimum atomic E-state index is -0.203. The zero-order valence-corrected chi connectivity index (χ0v) is 12.4. The number of aliphatic hydroxyl groups excluding tert-OH is 1. The predicted molar refractivity (Wildman–Crippen MR) is 77.5 cm³/mol. The molecule has 0 saturated carbocycles. The molecule has 5 nitrogen and oxygen atoms in total. The number of thiazole rings is 1. The van der Waals surface area contributed by atoms with Crippen molar-refractivity contribution in [3.8, 4) is 0 Å². The van der Waals surface area contributed by atoms with Crippen molar-refractivity contribution < 1.29 is 9.90 Å². The van der Waals surface area contributed by atoms with Gasteiger partial charge in [0.2, 0.25) is 0 Å². The summed E-state index contributed by atoms with van der Waals surface area (Å²) in [6.45, 7) is 4.56. The highest BCUT2D eigenvalue weighted by Gasteiger charge is 2.07. The number of aromatic nitrogens is 1. The van der Waals surface area contributed by atoms with Crippen LogP contribution < -0.4 is 10.6 Å². The molecular formula is C13H23N3O2S. The van der Waals surface area contributed by atoms with E-state index < -0.39 is 0 Å². The van der Waals surface area contributed by atoms with Crippen molar-refractivity contribution in [2.45, 2.75) is 45.6 Å². The Balaban J connectivity index is 2.05. The minimum absolute atomic E-state index is 0.0205. The van der Waals surface area contributed by atoms with Gasteiger partial charge >= 0.3 is 6.03 Å². The summed E-state index contributed by atoms with van der Waals surface area (Å²) in [5, 5.41) is 17.7. The molecule has 0 aliphatic heterocycles. The summed E-state index contributed by atoms with van der Waals surface area (Å²) < 4.78 is 0. The Morgan fingerprint density at radius 2 is 2.32 bits per heavy atom. The standard InChI is InChI=1S/C13H23N3O2S/c1-3-11(8-17)16-13(18)14-7-5-4-6-12-15-10(2)9-19-12/h9,11,17H,3-8H2,1-2H3,(H2,14,16,18). The molecule has 0 saturated heterocycles. The highest BCUT2D eigenvalue weighted by Crippen LogP contribution is 2.11. The summed E-state index contributed by atoms with van der Waals surface area (Å²) >= 11 is 1.69. The number of hydrogen-bond acceptors (Lipinski definition) is 4. The fraction of sp³-hybridized carbons (Fsp3) is 0.692. The topological polar surface area (TPSA) is 74.2 Å². The average Bonchev–Trinajstić information content (AvgIpc) is 2.81. The molecule has 6 heteroatoms. The quantitative estimate of drug-likeness (QED) is 0.638. The van der Waals surface area contributed by atoms with Gasteiger partial charge in [-0.1, -0.05) is 6.92 Å². The Bertz CT molecular complexity index is 378. The van der Waals surface area contributed by atoms with E-state index in [1.807, 2.05) is 13.8 Å². The van der Waals surface area contributed by atoms with Crippen molar-refractivity contribution in [1.82, 2.24) is 15.6 Å². The zero-order valence-electron chi connectivity index (χ0n) is 11.6. The number of nitrogens with one attached hydrogen (secondary N) is 2. The van der Waals surface area contributed by atoms with Crippen molar-refractivity contribution >= 4 is 17.4 Å². The highest BCUT2D eigenvalue weighted by atomic mass is 32.1. The van der Waals surface area contributed by atoms with E-state index in [0.717, 1.165) is 36.4 Å². The molecule has 0 aromatic carbocycles. The van der Waals surface area contributed by atoms with Gasteiger partial charge in [0.15, 0.2) is 0 Å². The van der Waals surface area contributed by atoms with Crippen molar-refractivity contribution in [3.05, 3.63) is 16.1 Å². The number of urea groups is 1. The van der Waals surface area contributed by atoms with Crippen LogP contribution in [-0.4, -0.2) is 35.3 Å². The number of carbonyl (C=O) groups is 1. The summed E-state index contributed by atoms with van der Waals surface area (Å²) in [4.78, 5) is 15.9. The molecule has 1 atom stereocenters. The Morgan fingerprint density at radius 3 is 2.89 bits per heavy atom. The Hall–Kier alpha value is -1.14. The molecule has 1 aromatic heterocycles. The summed E-state index contributed by atoms with van der Waals surface area (Å²) in [6, 6.07) is -0.357. The number of amides is 2. The first-order chi connectivity index (χ1) is 9.15. The molecule has 3 N–H and O–H groups in total. The first-order valence-corrected chi connectivity index (χ1v) is 7.60. The maximum atomic E-state index is 11.5. The fourth-order valence-electron chi connectivity index (χ4n) is 1.63. The minimum Gasteiger partial charge on any atom is -0.394 e. The molecule has 0 bridgehead atoms. The first kappa shape index (κ1) is 15.9. The van der Waals surface area contributed by atoms with E-state index in [0.29, 0.717) is 6.54 Å². The monoisotopic (exact) mass is 285 g/mol. The number of aliphatic hydroxyl groups is 1. The first-order valence-electron chi connectivity index (χ1n) is 6.72. The molecular weight excluding hydrogens is 262 g/mol. The van der Waals surface area contributed by atoms with Crippen LogP contribution in [0.5, 0.6) is 0 Å². The van der Waals surface area contributed by atoms with Gasteiger partial charge in [-0.25, -0.2) is 9.78 Å². The molecule has 2 amide bonds. The third-order valence-electron chi connectivity index (χ3n) is 2.82. The van der Waals surface area contributed by atoms with Crippen LogP contribution in [0.25, 0.3) is 0 Å². The number of aryl methyl sites for hydroxylation is 2. The van der Waals surface area contributed by atoms with Gasteiger partial charge in [0.05, 0.1) is 17.7 Å². The Labute approximate surface area is 118 Å². The number of hydrogen-bond donors (Lipinski definition) is 3. The van der Waals surface area contributed by atoms with Crippen LogP contribution in [0.1, 0.15) is 36.9 Å². The Morgan fingerprint density at radius 1 is 1.53 bits per heavy atom. The van der Waals surface area contributed by atoms with Crippen molar-refractivity contribution in [3.63, 3.8) is 0 Å². The fourth-order valence-corrected chi connectivity index (χ4v) is 2.45. The molecule has 1 aromatic rings. The van der Waals surface area contributed by atoms with E-state index in [2.05, 4.69) is 21.0 Å². The Kier molecular flexibility index (Phi) is 7.43. The summed E-state index contributed by atoms with van der Waals surface area (Å²) in [7, 11) is 0. The van der Waals surface area contributed by atoms with E-state index in [9.17, 15) is 4.79 Å². The lowest BCUT2D eigenvalue weighted by Gasteiger charge is -2.14. The molecule has 1 unspecified atom stereocenters. The predicted octanol–water partition coefficient (Wildman–Crippen LogP) is 1.84. The second kappa shape index (κ2) is 8.87. The van der Waals surface area contributed by atoms with Gasteiger partial charge in [0.25, 0.3) is 0 Å². The lowest BCUT2D eigenvalue weighted by Crippen LogP contribution is -2.43. The smallest absolute Gasteiger partial charge is 0.315 e. The number of rotatable bonds is 8. The molecule has 0 aliphatic rings. The van der Waals surface area contributed by atoms with Crippen molar-refractivity contribution in [2.24, 2.45) is 0 Å². The maximum Gasteiger partial charge on any atom is 0.315 e. The lowest BCUT2D eigenvalue weighted by molar-refractivity contribution is 0.214. The largest absolute Gasteiger partial charge is 0.394 e. The van der Waals surface area contributed by atoms with E-state index in [4.69, 9.17) is 5.11 Å². The van der Waals surface area contributed by atoms with Gasteiger partial charge in [0, 0.05) is 17.6 Å². The molecule has 1 rings (SSSR count). The maximum absolute atomic E-state index is 11.5. The van der Waals surface area contributed by atoms with Gasteiger partial charge in [-0.3, -0.25) is 0 Å². The van der Waals surface area contributed by atoms with Crippen LogP contribution in [0.15, 0.2) is 5.38 Å². The van der Waals surface area contributed by atoms with E-state index in [1.54, 1.807) is 11.3 Å². The van der Waals surface area contributed by atoms with Crippen LogP contribution >= 0.6 is 11.3 Å². The summed E-state index contributed by atoms with van der Waals surface area (Å²) in [6.07, 6.45) is 3.65. The summed E-state index contributed by atoms with van der Waals surface area (Å²) in [5.41, 5.74) is 1.08. The molecule has 0 spiro atoms. The van der Waals surface area contributed by atoms with Crippen LogP contribution in [0.4, 0.5) is 4.79 Å². The van der Waals surface area contributed by atoms with E-state index in [-0.39, 0.29) is 18.7 Å². The van der Waals surface area contributed by atoms with Crippen LogP contribution in [-0.2, 0) is 6.42 Å². The molecule has 0 aliphatic carbocycles. The molecule has 0 fully saturated rings. The van der Waals surface area contributed by atoms with Gasteiger partial charge < -0.3 is 15.7 Å². The van der Waals surface area contributed by atoms with Gasteiger partial charge in [-0.2, -0.15) is 0 Å². The van der Waals surface area contributed by atoms with Crippen molar-refractivity contribution in [2.75, 3.05) is 13.2 Å². The van der Waals surface area contributed by atoms with Crippen LogP contribution in [0.2, 0.25) is 0 Å². The number of nitrogens with zero attached hydrogens (tertiary/aromatic N) is 1. The molecule has 1 heterocycles. The van der Waals surface area contributed by atoms with Crippen LogP contribution in [0, 0.1) is 6.92 Å². The highest BCUT2D eigenvalue weighted by molar-refractivity contribution is 7.09. The third-order valence-corrected chi connectivity index (χ3v) is 3.84. The number of carbonyl (C=O) groups excluding carboxylic acids is 1. The lowest BCUT2D eigenvalue weighted by atomic mass is 10.2. The van der Waals surface area contributed by atoms with Gasteiger partial charge in [-0.15, -0.1) is 11.3 Å². The second-order valence-electron chi connectivity index (χ2n) is 4.53. The molecule has 0 radical (unpaired) electrons. The van der Waals surface area contributed by atoms with Gasteiger partial charge in [0.1, 0.15) is 0 Å². The third kappa shape index (κ3) is 6.54. The number of unbranched alkanes of at least 4 members (excludes halogenated alkanes) is 1. The molecule has 108 valence electrons. The van der Waals surface area contributed by atoms with E-state index in [1.165, 1.54) is 0 Å². The van der Waals surface area contributed by atoms with E-state index >= 15 is 0 Å².